The van der Waals surface area contributed by atoms with E-state index < -0.39 is 0 Å². The van der Waals surface area contributed by atoms with Gasteiger partial charge < -0.3 is 5.32 Å². The van der Waals surface area contributed by atoms with Crippen molar-refractivity contribution in [1.82, 2.24) is 9.97 Å². The summed E-state index contributed by atoms with van der Waals surface area (Å²) in [5, 5.41) is 3.33. The molecule has 0 saturated heterocycles. The third-order valence-electron chi connectivity index (χ3n) is 2.52. The van der Waals surface area contributed by atoms with Gasteiger partial charge in [0.15, 0.2) is 0 Å². The monoisotopic (exact) mass is 259 g/mol. The van der Waals surface area contributed by atoms with E-state index in [1.165, 1.54) is 5.56 Å². The van der Waals surface area contributed by atoms with Crippen molar-refractivity contribution in [3.8, 4) is 0 Å². The van der Waals surface area contributed by atoms with E-state index in [0.717, 1.165) is 22.9 Å². The normalized spacial score (nSPS) is 10.3. The van der Waals surface area contributed by atoms with Gasteiger partial charge in [-0.1, -0.05) is 19.1 Å². The Bertz CT molecular complexity index is 456. The van der Waals surface area contributed by atoms with Gasteiger partial charge in [-0.15, -0.1) is 0 Å². The van der Waals surface area contributed by atoms with Crippen LogP contribution in [-0.4, -0.2) is 15.7 Å². The quantitative estimate of drug-likeness (QED) is 0.863. The molecule has 0 radical (unpaired) electrons. The lowest BCUT2D eigenvalue weighted by Gasteiger charge is -2.06. The number of anilines is 1. The molecule has 0 aliphatic rings. The third-order valence-corrected chi connectivity index (χ3v) is 3.46. The molecule has 3 nitrogen and oxygen atoms in total. The van der Waals surface area contributed by atoms with Gasteiger partial charge in [0, 0.05) is 23.8 Å². The second kappa shape index (κ2) is 7.01. The van der Waals surface area contributed by atoms with E-state index in [9.17, 15) is 0 Å². The van der Waals surface area contributed by atoms with Crippen molar-refractivity contribution < 1.29 is 0 Å². The van der Waals surface area contributed by atoms with Crippen molar-refractivity contribution >= 4 is 17.4 Å². The highest BCUT2D eigenvalue weighted by Crippen LogP contribution is 2.15. The molecule has 1 N–H and O–H groups in total. The summed E-state index contributed by atoms with van der Waals surface area (Å²) in [6.45, 7) is 2.89. The van der Waals surface area contributed by atoms with E-state index in [2.05, 4.69) is 46.5 Å². The van der Waals surface area contributed by atoms with Crippen LogP contribution in [0.25, 0.3) is 0 Å². The smallest absolute Gasteiger partial charge is 0.0777 e. The number of rotatable bonds is 6. The zero-order chi connectivity index (χ0) is 12.6. The van der Waals surface area contributed by atoms with Gasteiger partial charge >= 0.3 is 0 Å². The topological polar surface area (TPSA) is 37.8 Å². The van der Waals surface area contributed by atoms with E-state index in [-0.39, 0.29) is 0 Å². The fourth-order valence-corrected chi connectivity index (χ4v) is 2.18. The zero-order valence-electron chi connectivity index (χ0n) is 10.5. The van der Waals surface area contributed by atoms with Crippen molar-refractivity contribution in [2.24, 2.45) is 0 Å². The van der Waals surface area contributed by atoms with Crippen LogP contribution in [0.5, 0.6) is 0 Å². The lowest BCUT2D eigenvalue weighted by atomic mass is 10.2. The van der Waals surface area contributed by atoms with Crippen LogP contribution in [0.4, 0.5) is 5.69 Å². The summed E-state index contributed by atoms with van der Waals surface area (Å²) in [6.07, 6.45) is 5.17. The summed E-state index contributed by atoms with van der Waals surface area (Å²) >= 11 is 1.94. The van der Waals surface area contributed by atoms with Gasteiger partial charge in [0.05, 0.1) is 18.4 Å². The lowest BCUT2D eigenvalue weighted by molar-refractivity contribution is 1.01. The molecular formula is C14H17N3S. The Morgan fingerprint density at radius 2 is 2.00 bits per heavy atom. The molecule has 2 aromatic rings. The molecule has 1 aromatic heterocycles. The summed E-state index contributed by atoms with van der Waals surface area (Å²) < 4.78 is 0. The molecule has 0 unspecified atom stereocenters. The Morgan fingerprint density at radius 3 is 2.67 bits per heavy atom. The minimum atomic E-state index is 0.705. The van der Waals surface area contributed by atoms with E-state index in [0.29, 0.717) is 6.54 Å². The van der Waals surface area contributed by atoms with Crippen molar-refractivity contribution in [1.29, 1.82) is 0 Å². The van der Waals surface area contributed by atoms with Crippen LogP contribution in [0.1, 0.15) is 18.2 Å². The molecule has 18 heavy (non-hydrogen) atoms. The van der Waals surface area contributed by atoms with Gasteiger partial charge in [-0.2, -0.15) is 11.8 Å². The predicted octanol–water partition coefficient (Wildman–Crippen LogP) is 3.34. The molecule has 94 valence electrons. The first-order valence-corrected chi connectivity index (χ1v) is 7.19. The molecular weight excluding hydrogens is 242 g/mol. The van der Waals surface area contributed by atoms with Crippen LogP contribution in [0.15, 0.2) is 42.9 Å². The highest BCUT2D eigenvalue weighted by molar-refractivity contribution is 7.98. The van der Waals surface area contributed by atoms with Crippen LogP contribution in [0, 0.1) is 0 Å². The van der Waals surface area contributed by atoms with Crippen molar-refractivity contribution in [3.05, 3.63) is 54.1 Å². The number of nitrogens with zero attached hydrogens (tertiary/aromatic N) is 2. The molecule has 0 fully saturated rings. The van der Waals surface area contributed by atoms with E-state index in [1.807, 2.05) is 11.8 Å². The predicted molar refractivity (Wildman–Crippen MR) is 77.6 cm³/mol. The average molecular weight is 259 g/mol. The number of hydrogen-bond donors (Lipinski definition) is 1. The van der Waals surface area contributed by atoms with Gasteiger partial charge in [-0.3, -0.25) is 9.97 Å². The van der Waals surface area contributed by atoms with Crippen molar-refractivity contribution in [3.63, 3.8) is 0 Å². The first-order valence-electron chi connectivity index (χ1n) is 6.04. The Hall–Kier alpha value is -1.55. The second-order valence-electron chi connectivity index (χ2n) is 3.88. The van der Waals surface area contributed by atoms with E-state index in [1.54, 1.807) is 18.6 Å². The van der Waals surface area contributed by atoms with Crippen LogP contribution in [0.2, 0.25) is 0 Å². The summed E-state index contributed by atoms with van der Waals surface area (Å²) in [4.78, 5) is 8.26. The van der Waals surface area contributed by atoms with E-state index >= 15 is 0 Å². The van der Waals surface area contributed by atoms with Crippen LogP contribution >= 0.6 is 11.8 Å². The Kier molecular flexibility index (Phi) is 5.02. The lowest BCUT2D eigenvalue weighted by Crippen LogP contribution is -2.01. The molecule has 0 aliphatic carbocycles. The number of thioether (sulfide) groups is 1. The molecule has 0 bridgehead atoms. The van der Waals surface area contributed by atoms with Crippen LogP contribution in [0.3, 0.4) is 0 Å². The number of nitrogens with one attached hydrogen (secondary N) is 1. The first-order chi connectivity index (χ1) is 8.88. The van der Waals surface area contributed by atoms with Crippen LogP contribution < -0.4 is 5.32 Å². The Balaban J connectivity index is 1.86. The summed E-state index contributed by atoms with van der Waals surface area (Å²) in [5.41, 5.74) is 3.43. The molecule has 0 atom stereocenters. The maximum Gasteiger partial charge on any atom is 0.0777 e. The van der Waals surface area contributed by atoms with Crippen molar-refractivity contribution in [2.75, 3.05) is 11.1 Å². The third kappa shape index (κ3) is 4.04. The van der Waals surface area contributed by atoms with Gasteiger partial charge in [-0.05, 0) is 23.4 Å². The largest absolute Gasteiger partial charge is 0.379 e. The molecule has 0 amide bonds. The highest BCUT2D eigenvalue weighted by Gasteiger charge is 1.96. The summed E-state index contributed by atoms with van der Waals surface area (Å²) in [7, 11) is 0. The minimum absolute atomic E-state index is 0.705. The highest BCUT2D eigenvalue weighted by atomic mass is 32.2. The molecule has 0 spiro atoms. The SMILES string of the molecule is CCSCc1ccc(NCc2cnccn2)cc1. The van der Waals surface area contributed by atoms with Gasteiger partial charge in [0.25, 0.3) is 0 Å². The first kappa shape index (κ1) is 12.9. The maximum atomic E-state index is 4.22. The molecule has 1 heterocycles. The fourth-order valence-electron chi connectivity index (χ4n) is 1.55. The molecule has 4 heteroatoms. The van der Waals surface area contributed by atoms with Gasteiger partial charge in [0.2, 0.25) is 0 Å². The standard InChI is InChI=1S/C14H17N3S/c1-2-18-11-12-3-5-13(6-4-12)17-10-14-9-15-7-8-16-14/h3-9,17H,2,10-11H2,1H3. The zero-order valence-corrected chi connectivity index (χ0v) is 11.3. The molecule has 1 aromatic carbocycles. The maximum absolute atomic E-state index is 4.22. The number of benzene rings is 1. The second-order valence-corrected chi connectivity index (χ2v) is 5.16. The van der Waals surface area contributed by atoms with E-state index in [4.69, 9.17) is 0 Å². The Morgan fingerprint density at radius 1 is 1.17 bits per heavy atom. The number of aromatic nitrogens is 2. The minimum Gasteiger partial charge on any atom is -0.379 e. The molecule has 0 saturated carbocycles. The van der Waals surface area contributed by atoms with Gasteiger partial charge in [-0.25, -0.2) is 0 Å². The fraction of sp³-hybridized carbons (Fsp3) is 0.286. The molecule has 2 rings (SSSR count). The summed E-state index contributed by atoms with van der Waals surface area (Å²) in [5.74, 6) is 2.24. The van der Waals surface area contributed by atoms with Crippen LogP contribution in [-0.2, 0) is 12.3 Å². The van der Waals surface area contributed by atoms with Gasteiger partial charge in [0.1, 0.15) is 0 Å². The average Bonchev–Trinajstić information content (AvgIpc) is 2.45. The Labute approximate surface area is 112 Å². The number of hydrogen-bond acceptors (Lipinski definition) is 4. The molecule has 0 aliphatic heterocycles. The van der Waals surface area contributed by atoms with Crippen molar-refractivity contribution in [2.45, 2.75) is 19.2 Å². The summed E-state index contributed by atoms with van der Waals surface area (Å²) in [6, 6.07) is 8.56.